The number of benzene rings is 2. The molecule has 2 N–H and O–H groups in total. The average Bonchev–Trinajstić information content (AvgIpc) is 3.35. The van der Waals surface area contributed by atoms with Gasteiger partial charge >= 0.3 is 0 Å². The minimum absolute atomic E-state index is 0.172. The molecule has 4 aromatic rings. The monoisotopic (exact) mass is 448 g/mol. The Labute approximate surface area is 191 Å². The number of aromatic nitrogens is 3. The molecular weight excluding hydrogens is 423 g/mol. The van der Waals surface area contributed by atoms with Crippen LogP contribution < -0.4 is 10.1 Å². The maximum atomic E-state index is 13.4. The van der Waals surface area contributed by atoms with Crippen LogP contribution >= 0.6 is 0 Å². The van der Waals surface area contributed by atoms with Gasteiger partial charge in [0.05, 0.1) is 23.5 Å². The van der Waals surface area contributed by atoms with Crippen molar-refractivity contribution in [3.8, 4) is 17.0 Å². The molecule has 0 atom stereocenters. The number of halogens is 1. The van der Waals surface area contributed by atoms with Gasteiger partial charge in [-0.25, -0.2) is 9.37 Å². The summed E-state index contributed by atoms with van der Waals surface area (Å²) >= 11 is 0. The van der Waals surface area contributed by atoms with E-state index < -0.39 is 0 Å². The molecule has 0 bridgehead atoms. The number of H-pyrrole nitrogens is 1. The smallest absolute Gasteiger partial charge is 0.251 e. The van der Waals surface area contributed by atoms with Crippen molar-refractivity contribution in [2.45, 2.75) is 12.8 Å². The molecule has 0 saturated carbocycles. The highest BCUT2D eigenvalue weighted by Gasteiger charge is 2.13. The first-order chi connectivity index (χ1) is 16.1. The molecule has 33 heavy (non-hydrogen) atoms. The third-order valence-corrected chi connectivity index (χ3v) is 5.17. The largest absolute Gasteiger partial charge is 0.490 e. The van der Waals surface area contributed by atoms with Crippen LogP contribution in [0.3, 0.4) is 0 Å². The lowest BCUT2D eigenvalue weighted by molar-refractivity contribution is 0.0953. The molecule has 0 saturated heterocycles. The number of pyridine rings is 1. The first kappa shape index (κ1) is 22.4. The van der Waals surface area contributed by atoms with Gasteiger partial charge in [0, 0.05) is 42.4 Å². The normalized spacial score (nSPS) is 11.0. The van der Waals surface area contributed by atoms with E-state index in [1.54, 1.807) is 37.6 Å². The number of hydrogen-bond donors (Lipinski definition) is 2. The van der Waals surface area contributed by atoms with E-state index in [2.05, 4.69) is 15.5 Å². The summed E-state index contributed by atoms with van der Waals surface area (Å²) in [6, 6.07) is 15.2. The van der Waals surface area contributed by atoms with Crippen molar-refractivity contribution >= 4 is 16.8 Å². The maximum absolute atomic E-state index is 13.4. The number of carbonyl (C=O) groups is 1. The molecule has 0 aliphatic rings. The molecule has 7 nitrogen and oxygen atoms in total. The molecule has 170 valence electrons. The van der Waals surface area contributed by atoms with Gasteiger partial charge in [-0.1, -0.05) is 0 Å². The highest BCUT2D eigenvalue weighted by molar-refractivity contribution is 5.99. The second-order valence-electron chi connectivity index (χ2n) is 7.51. The zero-order valence-corrected chi connectivity index (χ0v) is 18.3. The van der Waals surface area contributed by atoms with Crippen LogP contribution in [-0.2, 0) is 11.2 Å². The molecule has 4 rings (SSSR count). The van der Waals surface area contributed by atoms with Crippen LogP contribution in [0.1, 0.15) is 22.5 Å². The third-order valence-electron chi connectivity index (χ3n) is 5.17. The summed E-state index contributed by atoms with van der Waals surface area (Å²) in [7, 11) is 1.61. The average molecular weight is 448 g/mol. The van der Waals surface area contributed by atoms with Gasteiger partial charge in [-0.3, -0.25) is 9.89 Å². The minimum Gasteiger partial charge on any atom is -0.490 e. The van der Waals surface area contributed by atoms with Gasteiger partial charge < -0.3 is 14.8 Å². The number of amides is 1. The molecule has 2 aromatic carbocycles. The van der Waals surface area contributed by atoms with Crippen LogP contribution in [0.2, 0.25) is 0 Å². The zero-order chi connectivity index (χ0) is 23.0. The van der Waals surface area contributed by atoms with Gasteiger partial charge in [-0.2, -0.15) is 5.10 Å². The maximum Gasteiger partial charge on any atom is 0.251 e. The van der Waals surface area contributed by atoms with E-state index >= 15 is 0 Å². The number of ether oxygens (including phenoxy) is 2. The van der Waals surface area contributed by atoms with Gasteiger partial charge in [-0.15, -0.1) is 0 Å². The van der Waals surface area contributed by atoms with Crippen LogP contribution in [-0.4, -0.2) is 48.0 Å². The number of carbonyl (C=O) groups excluding carboxylic acids is 1. The van der Waals surface area contributed by atoms with E-state index in [1.807, 2.05) is 18.2 Å². The number of methoxy groups -OCH3 is 1. The summed E-state index contributed by atoms with van der Waals surface area (Å²) in [6.07, 6.45) is 3.35. The topological polar surface area (TPSA) is 89.1 Å². The highest BCUT2D eigenvalue weighted by atomic mass is 19.1. The van der Waals surface area contributed by atoms with Crippen molar-refractivity contribution < 1.29 is 18.7 Å². The van der Waals surface area contributed by atoms with Crippen LogP contribution in [0.5, 0.6) is 5.75 Å². The number of aromatic amines is 1. The Kier molecular flexibility index (Phi) is 7.26. The Morgan fingerprint density at radius 1 is 1.09 bits per heavy atom. The molecule has 0 unspecified atom stereocenters. The molecule has 1 amide bonds. The first-order valence-corrected chi connectivity index (χ1v) is 10.7. The van der Waals surface area contributed by atoms with E-state index in [9.17, 15) is 9.18 Å². The standard InChI is InChI=1S/C25H25FN4O3/c1-32-13-14-33-24-16-22(17-4-7-19(26)8-5-17)29-23-15-18(6-9-21(23)24)25(31)27-11-2-3-20-10-12-28-30-20/h4-10,12,15-16H,2-3,11,13-14H2,1H3,(H,27,31)(H,28,30). The van der Waals surface area contributed by atoms with E-state index in [0.717, 1.165) is 29.5 Å². The Hall–Kier alpha value is -3.78. The molecule has 0 aliphatic heterocycles. The molecule has 0 aliphatic carbocycles. The van der Waals surface area contributed by atoms with Crippen LogP contribution in [0, 0.1) is 5.82 Å². The second-order valence-corrected chi connectivity index (χ2v) is 7.51. The van der Waals surface area contributed by atoms with E-state index in [1.165, 1.54) is 12.1 Å². The molecule has 0 spiro atoms. The molecule has 0 radical (unpaired) electrons. The van der Waals surface area contributed by atoms with E-state index in [4.69, 9.17) is 14.5 Å². The zero-order valence-electron chi connectivity index (χ0n) is 18.3. The summed E-state index contributed by atoms with van der Waals surface area (Å²) < 4.78 is 24.4. The van der Waals surface area contributed by atoms with Crippen molar-refractivity contribution in [1.29, 1.82) is 0 Å². The number of nitrogens with one attached hydrogen (secondary N) is 2. The van der Waals surface area contributed by atoms with Crippen molar-refractivity contribution in [1.82, 2.24) is 20.5 Å². The predicted octanol–water partition coefficient (Wildman–Crippen LogP) is 4.15. The summed E-state index contributed by atoms with van der Waals surface area (Å²) in [6.45, 7) is 1.35. The van der Waals surface area contributed by atoms with Crippen molar-refractivity contribution in [3.63, 3.8) is 0 Å². The molecule has 2 heterocycles. The number of nitrogens with zero attached hydrogens (tertiary/aromatic N) is 2. The lowest BCUT2D eigenvalue weighted by atomic mass is 10.1. The Morgan fingerprint density at radius 3 is 2.70 bits per heavy atom. The molecule has 2 aromatic heterocycles. The lowest BCUT2D eigenvalue weighted by Gasteiger charge is -2.13. The Balaban J connectivity index is 1.56. The highest BCUT2D eigenvalue weighted by Crippen LogP contribution is 2.31. The van der Waals surface area contributed by atoms with E-state index in [-0.39, 0.29) is 11.7 Å². The summed E-state index contributed by atoms with van der Waals surface area (Å²) in [5, 5.41) is 10.6. The van der Waals surface area contributed by atoms with Crippen molar-refractivity contribution in [2.75, 3.05) is 26.9 Å². The summed E-state index contributed by atoms with van der Waals surface area (Å²) in [5.41, 5.74) is 3.48. The molecular formula is C25H25FN4O3. The van der Waals surface area contributed by atoms with E-state index in [0.29, 0.717) is 42.3 Å². The van der Waals surface area contributed by atoms with Crippen LogP contribution in [0.15, 0.2) is 60.8 Å². The van der Waals surface area contributed by atoms with Crippen molar-refractivity contribution in [3.05, 3.63) is 77.9 Å². The second kappa shape index (κ2) is 10.7. The van der Waals surface area contributed by atoms with Crippen LogP contribution in [0.4, 0.5) is 4.39 Å². The van der Waals surface area contributed by atoms with Gasteiger partial charge in [0.25, 0.3) is 5.91 Å². The molecule has 0 fully saturated rings. The number of hydrogen-bond acceptors (Lipinski definition) is 5. The van der Waals surface area contributed by atoms with Crippen molar-refractivity contribution in [2.24, 2.45) is 0 Å². The fourth-order valence-electron chi connectivity index (χ4n) is 3.46. The molecule has 8 heteroatoms. The Bertz CT molecular complexity index is 1210. The number of aryl methyl sites for hydroxylation is 1. The number of fused-ring (bicyclic) bond motifs is 1. The van der Waals surface area contributed by atoms with Gasteiger partial charge in [0.15, 0.2) is 0 Å². The lowest BCUT2D eigenvalue weighted by Crippen LogP contribution is -2.24. The van der Waals surface area contributed by atoms with Gasteiger partial charge in [0.1, 0.15) is 18.2 Å². The summed E-state index contributed by atoms with van der Waals surface area (Å²) in [4.78, 5) is 17.4. The SMILES string of the molecule is COCCOc1cc(-c2ccc(F)cc2)nc2cc(C(=O)NCCCc3cc[nH]n3)ccc12. The fraction of sp³-hybridized carbons (Fsp3) is 0.240. The minimum atomic E-state index is -0.317. The quantitative estimate of drug-likeness (QED) is 0.356. The van der Waals surface area contributed by atoms with Gasteiger partial charge in [-0.05, 0) is 61.4 Å². The fourth-order valence-corrected chi connectivity index (χ4v) is 3.46. The first-order valence-electron chi connectivity index (χ1n) is 10.7. The summed E-state index contributed by atoms with van der Waals surface area (Å²) in [5.74, 6) is 0.138. The van der Waals surface area contributed by atoms with Gasteiger partial charge in [0.2, 0.25) is 0 Å². The number of rotatable bonds is 10. The predicted molar refractivity (Wildman–Crippen MR) is 124 cm³/mol. The Morgan fingerprint density at radius 2 is 1.94 bits per heavy atom. The van der Waals surface area contributed by atoms with Crippen LogP contribution in [0.25, 0.3) is 22.2 Å². The third kappa shape index (κ3) is 5.72.